The maximum Gasteiger partial charge on any atom is 0.129 e. The molecule has 1 aromatic rings. The quantitative estimate of drug-likeness (QED) is 0.721. The molecule has 0 saturated carbocycles. The first-order valence-electron chi connectivity index (χ1n) is 6.37. The van der Waals surface area contributed by atoms with Gasteiger partial charge < -0.3 is 10.1 Å². The van der Waals surface area contributed by atoms with Crippen molar-refractivity contribution in [3.63, 3.8) is 0 Å². The SMILES string of the molecule is CC(C)CCCNCCOc1cc(F)cc(F)c1. The van der Waals surface area contributed by atoms with E-state index in [4.69, 9.17) is 4.74 Å². The average molecular weight is 257 g/mol. The van der Waals surface area contributed by atoms with Gasteiger partial charge in [-0.1, -0.05) is 13.8 Å². The van der Waals surface area contributed by atoms with Crippen LogP contribution in [0.2, 0.25) is 0 Å². The van der Waals surface area contributed by atoms with Gasteiger partial charge in [0.05, 0.1) is 0 Å². The Kier molecular flexibility index (Phi) is 6.65. The van der Waals surface area contributed by atoms with E-state index in [-0.39, 0.29) is 5.75 Å². The Bertz CT molecular complexity index is 335. The zero-order valence-electron chi connectivity index (χ0n) is 11.0. The van der Waals surface area contributed by atoms with Gasteiger partial charge in [0.15, 0.2) is 0 Å². The lowest BCUT2D eigenvalue weighted by molar-refractivity contribution is 0.309. The molecule has 0 radical (unpaired) electrons. The van der Waals surface area contributed by atoms with Crippen molar-refractivity contribution in [3.8, 4) is 5.75 Å². The van der Waals surface area contributed by atoms with E-state index in [0.717, 1.165) is 24.9 Å². The summed E-state index contributed by atoms with van der Waals surface area (Å²) in [6.45, 7) is 6.42. The Morgan fingerprint density at radius 1 is 1.11 bits per heavy atom. The van der Waals surface area contributed by atoms with E-state index >= 15 is 0 Å². The molecule has 0 saturated heterocycles. The molecule has 0 atom stereocenters. The maximum atomic E-state index is 12.8. The van der Waals surface area contributed by atoms with Crippen LogP contribution in [0.25, 0.3) is 0 Å². The van der Waals surface area contributed by atoms with Crippen LogP contribution >= 0.6 is 0 Å². The first kappa shape index (κ1) is 14.9. The first-order valence-corrected chi connectivity index (χ1v) is 6.37. The number of nitrogens with one attached hydrogen (secondary N) is 1. The first-order chi connectivity index (χ1) is 8.58. The Morgan fingerprint density at radius 3 is 2.39 bits per heavy atom. The highest BCUT2D eigenvalue weighted by atomic mass is 19.1. The molecule has 2 nitrogen and oxygen atoms in total. The molecule has 0 aromatic heterocycles. The number of halogens is 2. The zero-order valence-corrected chi connectivity index (χ0v) is 11.0. The van der Waals surface area contributed by atoms with E-state index in [1.165, 1.54) is 18.6 Å². The van der Waals surface area contributed by atoms with Crippen LogP contribution < -0.4 is 10.1 Å². The minimum atomic E-state index is -0.616. The van der Waals surface area contributed by atoms with Gasteiger partial charge in [0.1, 0.15) is 24.0 Å². The molecule has 1 aromatic carbocycles. The second-order valence-corrected chi connectivity index (χ2v) is 4.74. The van der Waals surface area contributed by atoms with E-state index in [1.54, 1.807) is 0 Å². The van der Waals surface area contributed by atoms with Crippen LogP contribution in [0, 0.1) is 17.6 Å². The average Bonchev–Trinajstić information content (AvgIpc) is 2.26. The lowest BCUT2D eigenvalue weighted by Crippen LogP contribution is -2.22. The van der Waals surface area contributed by atoms with Gasteiger partial charge in [-0.05, 0) is 25.3 Å². The van der Waals surface area contributed by atoms with Crippen LogP contribution in [0.3, 0.4) is 0 Å². The fraction of sp³-hybridized carbons (Fsp3) is 0.571. The van der Waals surface area contributed by atoms with E-state index in [9.17, 15) is 8.78 Å². The summed E-state index contributed by atoms with van der Waals surface area (Å²) in [4.78, 5) is 0. The molecule has 1 rings (SSSR count). The van der Waals surface area contributed by atoms with Crippen molar-refractivity contribution in [1.29, 1.82) is 0 Å². The largest absolute Gasteiger partial charge is 0.492 e. The monoisotopic (exact) mass is 257 g/mol. The van der Waals surface area contributed by atoms with Gasteiger partial charge in [-0.25, -0.2) is 8.78 Å². The molecule has 1 N–H and O–H groups in total. The Morgan fingerprint density at radius 2 is 1.78 bits per heavy atom. The van der Waals surface area contributed by atoms with Crippen molar-refractivity contribution in [1.82, 2.24) is 5.32 Å². The smallest absolute Gasteiger partial charge is 0.129 e. The Balaban J connectivity index is 2.10. The van der Waals surface area contributed by atoms with E-state index in [1.807, 2.05) is 0 Å². The summed E-state index contributed by atoms with van der Waals surface area (Å²) in [5, 5.41) is 3.23. The third kappa shape index (κ3) is 6.55. The van der Waals surface area contributed by atoms with Crippen LogP contribution in [-0.2, 0) is 0 Å². The molecular formula is C14H21F2NO. The Labute approximate surface area is 107 Å². The summed E-state index contributed by atoms with van der Waals surface area (Å²) in [5.41, 5.74) is 0. The molecule has 0 unspecified atom stereocenters. The molecule has 0 fully saturated rings. The summed E-state index contributed by atoms with van der Waals surface area (Å²) in [7, 11) is 0. The topological polar surface area (TPSA) is 21.3 Å². The minimum Gasteiger partial charge on any atom is -0.492 e. The normalized spacial score (nSPS) is 10.9. The Hall–Kier alpha value is -1.16. The molecular weight excluding hydrogens is 236 g/mol. The van der Waals surface area contributed by atoms with Crippen LogP contribution in [0.4, 0.5) is 8.78 Å². The zero-order chi connectivity index (χ0) is 13.4. The summed E-state index contributed by atoms with van der Waals surface area (Å²) in [6, 6.07) is 3.20. The fourth-order valence-electron chi connectivity index (χ4n) is 1.61. The molecule has 0 aliphatic rings. The molecule has 0 bridgehead atoms. The number of rotatable bonds is 8. The maximum absolute atomic E-state index is 12.8. The van der Waals surface area contributed by atoms with E-state index < -0.39 is 11.6 Å². The predicted octanol–water partition coefficient (Wildman–Crippen LogP) is 3.37. The van der Waals surface area contributed by atoms with Crippen molar-refractivity contribution in [2.75, 3.05) is 19.7 Å². The number of hydrogen-bond donors (Lipinski definition) is 1. The van der Waals surface area contributed by atoms with Crippen molar-refractivity contribution >= 4 is 0 Å². The van der Waals surface area contributed by atoms with Gasteiger partial charge in [0, 0.05) is 24.7 Å². The van der Waals surface area contributed by atoms with Crippen molar-refractivity contribution in [3.05, 3.63) is 29.8 Å². The van der Waals surface area contributed by atoms with E-state index in [2.05, 4.69) is 19.2 Å². The highest BCUT2D eigenvalue weighted by molar-refractivity contribution is 5.23. The van der Waals surface area contributed by atoms with Crippen molar-refractivity contribution in [2.45, 2.75) is 26.7 Å². The third-order valence-electron chi connectivity index (χ3n) is 2.52. The highest BCUT2D eigenvalue weighted by Crippen LogP contribution is 2.14. The van der Waals surface area contributed by atoms with Gasteiger partial charge in [-0.2, -0.15) is 0 Å². The van der Waals surface area contributed by atoms with E-state index in [0.29, 0.717) is 13.2 Å². The van der Waals surface area contributed by atoms with Crippen LogP contribution in [0.15, 0.2) is 18.2 Å². The standard InChI is InChI=1S/C14H21F2NO/c1-11(2)4-3-5-17-6-7-18-14-9-12(15)8-13(16)10-14/h8-11,17H,3-7H2,1-2H3. The molecule has 4 heteroatoms. The summed E-state index contributed by atoms with van der Waals surface area (Å²) < 4.78 is 30.9. The lowest BCUT2D eigenvalue weighted by atomic mass is 10.1. The third-order valence-corrected chi connectivity index (χ3v) is 2.52. The van der Waals surface area contributed by atoms with Crippen LogP contribution in [-0.4, -0.2) is 19.7 Å². The molecule has 0 amide bonds. The summed E-state index contributed by atoms with van der Waals surface area (Å²) >= 11 is 0. The number of benzene rings is 1. The van der Waals surface area contributed by atoms with Gasteiger partial charge in [0.25, 0.3) is 0 Å². The van der Waals surface area contributed by atoms with Gasteiger partial charge in [-0.3, -0.25) is 0 Å². The van der Waals surface area contributed by atoms with Crippen molar-refractivity contribution < 1.29 is 13.5 Å². The molecule has 102 valence electrons. The summed E-state index contributed by atoms with van der Waals surface area (Å²) in [6.07, 6.45) is 2.33. The molecule has 0 aliphatic carbocycles. The highest BCUT2D eigenvalue weighted by Gasteiger charge is 2.01. The fourth-order valence-corrected chi connectivity index (χ4v) is 1.61. The van der Waals surface area contributed by atoms with Crippen LogP contribution in [0.5, 0.6) is 5.75 Å². The number of ether oxygens (including phenoxy) is 1. The minimum absolute atomic E-state index is 0.233. The number of hydrogen-bond acceptors (Lipinski definition) is 2. The summed E-state index contributed by atoms with van der Waals surface area (Å²) in [5.74, 6) is -0.278. The molecule has 0 heterocycles. The van der Waals surface area contributed by atoms with Crippen molar-refractivity contribution in [2.24, 2.45) is 5.92 Å². The van der Waals surface area contributed by atoms with Crippen LogP contribution in [0.1, 0.15) is 26.7 Å². The van der Waals surface area contributed by atoms with Gasteiger partial charge in [0.2, 0.25) is 0 Å². The molecule has 18 heavy (non-hydrogen) atoms. The second-order valence-electron chi connectivity index (χ2n) is 4.74. The second kappa shape index (κ2) is 8.03. The van der Waals surface area contributed by atoms with Gasteiger partial charge in [-0.15, -0.1) is 0 Å². The predicted molar refractivity (Wildman–Crippen MR) is 68.8 cm³/mol. The molecule has 0 aliphatic heterocycles. The molecule has 0 spiro atoms. The van der Waals surface area contributed by atoms with Gasteiger partial charge >= 0.3 is 0 Å². The lowest BCUT2D eigenvalue weighted by Gasteiger charge is -2.08.